The lowest BCUT2D eigenvalue weighted by Gasteiger charge is -2.29. The molecule has 9 rings (SSSR count). The van der Waals surface area contributed by atoms with Crippen LogP contribution in [0, 0.1) is 0 Å². The summed E-state index contributed by atoms with van der Waals surface area (Å²) in [6.45, 7) is 4.70. The molecular formula is C49H37N. The lowest BCUT2D eigenvalue weighted by molar-refractivity contribution is 0.660. The first-order chi connectivity index (χ1) is 24.6. The number of benzene rings is 8. The number of hydrogen-bond acceptors (Lipinski definition) is 1. The number of nitrogens with zero attached hydrogens (tertiary/aromatic N) is 1. The van der Waals surface area contributed by atoms with Gasteiger partial charge in [0.05, 0.1) is 5.69 Å². The third kappa shape index (κ3) is 5.02. The summed E-state index contributed by atoms with van der Waals surface area (Å²) in [5.74, 6) is 0. The highest BCUT2D eigenvalue weighted by molar-refractivity contribution is 6.00. The second-order valence-corrected chi connectivity index (χ2v) is 13.8. The summed E-state index contributed by atoms with van der Waals surface area (Å²) < 4.78 is 0. The SMILES string of the molecule is CC1(C)c2ccccc2-c2c(N(c3ccc(-c4ccccc4)cc3)c3ccc(-c4cccc5cc(-c6ccccc6)ccc45)cc3)cccc21. The molecule has 0 spiro atoms. The molecule has 0 N–H and O–H groups in total. The first-order valence-electron chi connectivity index (χ1n) is 17.4. The van der Waals surface area contributed by atoms with E-state index in [4.69, 9.17) is 0 Å². The Labute approximate surface area is 294 Å². The molecule has 1 aliphatic carbocycles. The Hall–Kier alpha value is -6.18. The molecule has 8 aromatic rings. The molecule has 0 fully saturated rings. The molecule has 238 valence electrons. The first-order valence-corrected chi connectivity index (χ1v) is 17.4. The second kappa shape index (κ2) is 12.1. The summed E-state index contributed by atoms with van der Waals surface area (Å²) in [5.41, 5.74) is 16.1. The van der Waals surface area contributed by atoms with Gasteiger partial charge in [0.1, 0.15) is 0 Å². The molecule has 1 heteroatoms. The fourth-order valence-corrected chi connectivity index (χ4v) is 7.92. The Bertz CT molecular complexity index is 2470. The molecule has 0 aromatic heterocycles. The standard InChI is InChI=1S/C49H37N/c1-49(2)45-20-10-9-18-44(45)48-46(49)21-12-22-47(48)50(40-28-23-36(24-29-40)34-13-5-3-6-14-34)41-30-25-37(26-31-41)42-19-11-17-39-33-38(27-32-43(39)42)35-15-7-4-8-16-35/h3-33H,1-2H3. The summed E-state index contributed by atoms with van der Waals surface area (Å²) in [5, 5.41) is 2.50. The van der Waals surface area contributed by atoms with Gasteiger partial charge in [-0.15, -0.1) is 0 Å². The van der Waals surface area contributed by atoms with E-state index in [-0.39, 0.29) is 5.41 Å². The third-order valence-corrected chi connectivity index (χ3v) is 10.5. The summed E-state index contributed by atoms with van der Waals surface area (Å²) in [4.78, 5) is 2.44. The number of rotatable bonds is 6. The molecule has 0 saturated carbocycles. The molecule has 0 amide bonds. The highest BCUT2D eigenvalue weighted by Gasteiger charge is 2.37. The van der Waals surface area contributed by atoms with Gasteiger partial charge < -0.3 is 4.90 Å². The molecule has 8 aromatic carbocycles. The van der Waals surface area contributed by atoms with Crippen LogP contribution in [0.15, 0.2) is 188 Å². The molecule has 0 heterocycles. The van der Waals surface area contributed by atoms with E-state index in [2.05, 4.69) is 207 Å². The molecular weight excluding hydrogens is 603 g/mol. The van der Waals surface area contributed by atoms with E-state index in [1.165, 1.54) is 72.1 Å². The zero-order chi connectivity index (χ0) is 33.7. The van der Waals surface area contributed by atoms with E-state index < -0.39 is 0 Å². The lowest BCUT2D eigenvalue weighted by atomic mass is 9.82. The fraction of sp³-hybridized carbons (Fsp3) is 0.0612. The van der Waals surface area contributed by atoms with Crippen molar-refractivity contribution in [2.45, 2.75) is 19.3 Å². The largest absolute Gasteiger partial charge is 0.310 e. The minimum absolute atomic E-state index is 0.0800. The van der Waals surface area contributed by atoms with Crippen LogP contribution >= 0.6 is 0 Å². The highest BCUT2D eigenvalue weighted by atomic mass is 15.1. The van der Waals surface area contributed by atoms with Crippen LogP contribution < -0.4 is 4.90 Å². The van der Waals surface area contributed by atoms with Gasteiger partial charge >= 0.3 is 0 Å². The van der Waals surface area contributed by atoms with Crippen LogP contribution in [0.25, 0.3) is 55.3 Å². The van der Waals surface area contributed by atoms with Crippen molar-refractivity contribution >= 4 is 27.8 Å². The molecule has 0 atom stereocenters. The average molecular weight is 640 g/mol. The first kappa shape index (κ1) is 29.9. The van der Waals surface area contributed by atoms with Crippen molar-refractivity contribution in [1.29, 1.82) is 0 Å². The predicted molar refractivity (Wildman–Crippen MR) is 213 cm³/mol. The van der Waals surface area contributed by atoms with Gasteiger partial charge in [0.2, 0.25) is 0 Å². The minimum Gasteiger partial charge on any atom is -0.310 e. The summed E-state index contributed by atoms with van der Waals surface area (Å²) >= 11 is 0. The predicted octanol–water partition coefficient (Wildman–Crippen LogP) is 13.6. The van der Waals surface area contributed by atoms with E-state index >= 15 is 0 Å². The topological polar surface area (TPSA) is 3.24 Å². The van der Waals surface area contributed by atoms with Crippen LogP contribution in [0.5, 0.6) is 0 Å². The zero-order valence-electron chi connectivity index (χ0n) is 28.3. The Balaban J connectivity index is 1.16. The van der Waals surface area contributed by atoms with Gasteiger partial charge in [0, 0.05) is 22.4 Å². The number of anilines is 3. The van der Waals surface area contributed by atoms with Crippen molar-refractivity contribution in [2.75, 3.05) is 4.90 Å². The third-order valence-electron chi connectivity index (χ3n) is 10.5. The molecule has 1 nitrogen and oxygen atoms in total. The maximum Gasteiger partial charge on any atom is 0.0543 e. The smallest absolute Gasteiger partial charge is 0.0543 e. The summed E-state index contributed by atoms with van der Waals surface area (Å²) in [6.07, 6.45) is 0. The van der Waals surface area contributed by atoms with Crippen LogP contribution in [-0.4, -0.2) is 0 Å². The van der Waals surface area contributed by atoms with E-state index in [1.54, 1.807) is 0 Å². The molecule has 0 aliphatic heterocycles. The van der Waals surface area contributed by atoms with Crippen LogP contribution in [0.1, 0.15) is 25.0 Å². The molecule has 0 radical (unpaired) electrons. The van der Waals surface area contributed by atoms with E-state index in [0.717, 1.165) is 11.4 Å². The fourth-order valence-electron chi connectivity index (χ4n) is 7.92. The highest BCUT2D eigenvalue weighted by Crippen LogP contribution is 2.54. The van der Waals surface area contributed by atoms with Gasteiger partial charge in [-0.2, -0.15) is 0 Å². The van der Waals surface area contributed by atoms with Gasteiger partial charge in [-0.1, -0.05) is 166 Å². The molecule has 0 bridgehead atoms. The van der Waals surface area contributed by atoms with Crippen molar-refractivity contribution < 1.29 is 0 Å². The molecule has 50 heavy (non-hydrogen) atoms. The molecule has 1 aliphatic rings. The maximum absolute atomic E-state index is 2.44. The second-order valence-electron chi connectivity index (χ2n) is 13.8. The van der Waals surface area contributed by atoms with Crippen LogP contribution in [0.3, 0.4) is 0 Å². The Morgan fingerprint density at radius 2 is 0.900 bits per heavy atom. The number of fused-ring (bicyclic) bond motifs is 4. The van der Waals surface area contributed by atoms with Gasteiger partial charge in [0.25, 0.3) is 0 Å². The molecule has 0 unspecified atom stereocenters. The van der Waals surface area contributed by atoms with Crippen LogP contribution in [0.2, 0.25) is 0 Å². The summed E-state index contributed by atoms with van der Waals surface area (Å²) in [6, 6.07) is 68.5. The quantitative estimate of drug-likeness (QED) is 0.175. The monoisotopic (exact) mass is 639 g/mol. The van der Waals surface area contributed by atoms with E-state index in [1.807, 2.05) is 0 Å². The van der Waals surface area contributed by atoms with Crippen LogP contribution in [0.4, 0.5) is 17.1 Å². The van der Waals surface area contributed by atoms with Gasteiger partial charge in [0.15, 0.2) is 0 Å². The van der Waals surface area contributed by atoms with Crippen molar-refractivity contribution in [1.82, 2.24) is 0 Å². The van der Waals surface area contributed by atoms with Crippen molar-refractivity contribution in [2.24, 2.45) is 0 Å². The normalized spacial score (nSPS) is 12.8. The lowest BCUT2D eigenvalue weighted by Crippen LogP contribution is -2.16. The van der Waals surface area contributed by atoms with Crippen molar-refractivity contribution in [3.63, 3.8) is 0 Å². The minimum atomic E-state index is -0.0800. The summed E-state index contributed by atoms with van der Waals surface area (Å²) in [7, 11) is 0. The van der Waals surface area contributed by atoms with E-state index in [9.17, 15) is 0 Å². The van der Waals surface area contributed by atoms with Gasteiger partial charge in [-0.05, 0) is 97.2 Å². The van der Waals surface area contributed by atoms with Crippen molar-refractivity contribution in [3.05, 3.63) is 199 Å². The Kier molecular flexibility index (Phi) is 7.21. The number of hydrogen-bond donors (Lipinski definition) is 0. The van der Waals surface area contributed by atoms with E-state index in [0.29, 0.717) is 0 Å². The van der Waals surface area contributed by atoms with Gasteiger partial charge in [-0.25, -0.2) is 0 Å². The Morgan fingerprint density at radius 1 is 0.380 bits per heavy atom. The molecule has 0 saturated heterocycles. The van der Waals surface area contributed by atoms with Gasteiger partial charge in [-0.3, -0.25) is 0 Å². The van der Waals surface area contributed by atoms with Crippen molar-refractivity contribution in [3.8, 4) is 44.5 Å². The Morgan fingerprint density at radius 3 is 1.60 bits per heavy atom. The maximum atomic E-state index is 2.44. The van der Waals surface area contributed by atoms with Crippen LogP contribution in [-0.2, 0) is 5.41 Å². The zero-order valence-corrected chi connectivity index (χ0v) is 28.3. The average Bonchev–Trinajstić information content (AvgIpc) is 3.42.